The molecule has 0 radical (unpaired) electrons. The Morgan fingerprint density at radius 1 is 1.15 bits per heavy atom. The largest absolute Gasteiger partial charge is 0.485 e. The minimum absolute atomic E-state index is 0.0431. The lowest BCUT2D eigenvalue weighted by Crippen LogP contribution is -2.34. The molecule has 1 fully saturated rings. The summed E-state index contributed by atoms with van der Waals surface area (Å²) in [6.07, 6.45) is 1.63. The molecule has 4 aromatic rings. The molecule has 0 N–H and O–H groups in total. The monoisotopic (exact) mass is 624 g/mol. The van der Waals surface area contributed by atoms with Crippen molar-refractivity contribution < 1.29 is 28.1 Å². The molecule has 2 aromatic heterocycles. The van der Waals surface area contributed by atoms with Gasteiger partial charge in [-0.25, -0.2) is 9.18 Å². The average molecular weight is 625 g/mol. The van der Waals surface area contributed by atoms with Crippen molar-refractivity contribution >= 4 is 32.9 Å². The van der Waals surface area contributed by atoms with E-state index in [1.165, 1.54) is 16.7 Å². The lowest BCUT2D eigenvalue weighted by Gasteiger charge is -2.22. The molecule has 10 heteroatoms. The quantitative estimate of drug-likeness (QED) is 0.218. The maximum Gasteiger partial charge on any atom is 0.347 e. The number of fused-ring (bicyclic) bond motifs is 1. The highest BCUT2D eigenvalue weighted by Crippen LogP contribution is 2.35. The second-order valence-corrected chi connectivity index (χ2v) is 11.0. The molecule has 8 nitrogen and oxygen atoms in total. The zero-order valence-electron chi connectivity index (χ0n) is 23.0. The first kappa shape index (κ1) is 28.9. The van der Waals surface area contributed by atoms with Crippen LogP contribution in [-0.4, -0.2) is 40.6 Å². The van der Waals surface area contributed by atoms with E-state index in [1.54, 1.807) is 39.1 Å². The van der Waals surface area contributed by atoms with E-state index >= 15 is 0 Å². The smallest absolute Gasteiger partial charge is 0.347 e. The summed E-state index contributed by atoms with van der Waals surface area (Å²) < 4.78 is 38.8. The first-order valence-electron chi connectivity index (χ1n) is 13.3. The van der Waals surface area contributed by atoms with Crippen LogP contribution >= 0.6 is 15.9 Å². The van der Waals surface area contributed by atoms with Crippen LogP contribution in [0.25, 0.3) is 11.0 Å². The molecule has 1 aliphatic heterocycles. The number of ether oxygens (including phenoxy) is 4. The van der Waals surface area contributed by atoms with Gasteiger partial charge >= 0.3 is 5.97 Å². The van der Waals surface area contributed by atoms with Crippen LogP contribution in [0.2, 0.25) is 0 Å². The molecular weight excluding hydrogens is 595 g/mol. The van der Waals surface area contributed by atoms with Gasteiger partial charge in [-0.15, -0.1) is 0 Å². The molecule has 1 saturated heterocycles. The van der Waals surface area contributed by atoms with Crippen LogP contribution in [0, 0.1) is 5.82 Å². The van der Waals surface area contributed by atoms with Gasteiger partial charge in [-0.3, -0.25) is 9.78 Å². The lowest BCUT2D eigenvalue weighted by atomic mass is 10.0. The summed E-state index contributed by atoms with van der Waals surface area (Å²) in [5.41, 5.74) is 2.41. The number of hydrogen-bond donors (Lipinski definition) is 0. The predicted octanol–water partition coefficient (Wildman–Crippen LogP) is 5.80. The Hall–Kier alpha value is -3.60. The van der Waals surface area contributed by atoms with Crippen LogP contribution in [0.15, 0.2) is 70.1 Å². The average Bonchev–Trinajstić information content (AvgIpc) is 3.30. The number of carbonyl (C=O) groups excluding carboxylic acids is 1. The summed E-state index contributed by atoms with van der Waals surface area (Å²) in [5, 5.41) is 0. The minimum Gasteiger partial charge on any atom is -0.485 e. The fraction of sp³-hybridized carbons (Fsp3) is 0.323. The number of esters is 1. The van der Waals surface area contributed by atoms with Crippen LogP contribution in [0.3, 0.4) is 0 Å². The Balaban J connectivity index is 1.69. The van der Waals surface area contributed by atoms with Crippen LogP contribution in [0.1, 0.15) is 47.8 Å². The Morgan fingerprint density at radius 2 is 1.88 bits per heavy atom. The Bertz CT molecular complexity index is 1620. The Kier molecular flexibility index (Phi) is 8.53. The summed E-state index contributed by atoms with van der Waals surface area (Å²) >= 11 is 3.72. The highest BCUT2D eigenvalue weighted by Gasteiger charge is 2.35. The fourth-order valence-electron chi connectivity index (χ4n) is 4.81. The second kappa shape index (κ2) is 12.1. The molecule has 0 amide bonds. The van der Waals surface area contributed by atoms with Crippen LogP contribution in [0.5, 0.6) is 5.75 Å². The van der Waals surface area contributed by atoms with E-state index in [2.05, 4.69) is 15.9 Å². The standard InChI is InChI=1S/C31H30BrFN2O6/c1-4-38-30(37)24-28(39-17-20-8-6-5-7-9-20)26-27(35(29(24)36)16-23-18-40-31(2,3)41-23)25(32)21(15-34-26)14-19-10-12-22(33)13-11-19/h5-13,15,23H,4,14,16-18H2,1-3H3/t23-/m1/s1. The molecule has 41 heavy (non-hydrogen) atoms. The van der Waals surface area contributed by atoms with E-state index in [1.807, 2.05) is 30.3 Å². The van der Waals surface area contributed by atoms with E-state index in [0.717, 1.165) is 16.7 Å². The van der Waals surface area contributed by atoms with Gasteiger partial charge in [0, 0.05) is 17.1 Å². The summed E-state index contributed by atoms with van der Waals surface area (Å²) in [5.74, 6) is -1.89. The molecule has 0 aliphatic carbocycles. The number of rotatable bonds is 9. The van der Waals surface area contributed by atoms with E-state index < -0.39 is 23.4 Å². The summed E-state index contributed by atoms with van der Waals surface area (Å²) in [7, 11) is 0. The summed E-state index contributed by atoms with van der Waals surface area (Å²) in [6.45, 7) is 5.83. The van der Waals surface area contributed by atoms with Crippen molar-refractivity contribution in [2.24, 2.45) is 0 Å². The number of pyridine rings is 2. The SMILES string of the molecule is CCOC(=O)c1c(OCc2ccccc2)c2ncc(Cc3ccc(F)cc3)c(Br)c2n(C[C@@H]2COC(C)(C)O2)c1=O. The topological polar surface area (TPSA) is 88.9 Å². The van der Waals surface area contributed by atoms with Crippen LogP contribution in [-0.2, 0) is 33.8 Å². The van der Waals surface area contributed by atoms with Gasteiger partial charge in [-0.1, -0.05) is 42.5 Å². The molecule has 0 spiro atoms. The first-order valence-corrected chi connectivity index (χ1v) is 14.1. The number of nitrogens with zero attached hydrogens (tertiary/aromatic N) is 2. The highest BCUT2D eigenvalue weighted by atomic mass is 79.9. The predicted molar refractivity (Wildman–Crippen MR) is 155 cm³/mol. The number of halogens is 2. The number of aromatic nitrogens is 2. The molecule has 5 rings (SSSR count). The lowest BCUT2D eigenvalue weighted by molar-refractivity contribution is -0.139. The second-order valence-electron chi connectivity index (χ2n) is 10.2. The van der Waals surface area contributed by atoms with Gasteiger partial charge in [-0.2, -0.15) is 0 Å². The van der Waals surface area contributed by atoms with Gasteiger partial charge in [0.15, 0.2) is 17.1 Å². The van der Waals surface area contributed by atoms with E-state index in [9.17, 15) is 14.0 Å². The molecule has 0 bridgehead atoms. The third-order valence-electron chi connectivity index (χ3n) is 6.70. The zero-order chi connectivity index (χ0) is 29.1. The van der Waals surface area contributed by atoms with Crippen LogP contribution < -0.4 is 10.3 Å². The normalized spacial score (nSPS) is 16.2. The Labute approximate surface area is 245 Å². The van der Waals surface area contributed by atoms with Crippen molar-refractivity contribution in [2.45, 2.75) is 52.2 Å². The van der Waals surface area contributed by atoms with Crippen molar-refractivity contribution in [1.82, 2.24) is 9.55 Å². The fourth-order valence-corrected chi connectivity index (χ4v) is 5.46. The van der Waals surface area contributed by atoms with Gasteiger partial charge in [0.25, 0.3) is 5.56 Å². The maximum atomic E-state index is 14.1. The maximum absolute atomic E-state index is 14.1. The van der Waals surface area contributed by atoms with E-state index in [4.69, 9.17) is 23.9 Å². The number of benzene rings is 2. The van der Waals surface area contributed by atoms with Crippen molar-refractivity contribution in [3.8, 4) is 5.75 Å². The van der Waals surface area contributed by atoms with Gasteiger partial charge in [0.05, 0.1) is 25.3 Å². The molecule has 214 valence electrons. The molecule has 0 saturated carbocycles. The molecular formula is C31H30BrFN2O6. The highest BCUT2D eigenvalue weighted by molar-refractivity contribution is 9.10. The number of carbonyl (C=O) groups is 1. The molecule has 0 unspecified atom stereocenters. The van der Waals surface area contributed by atoms with Crippen molar-refractivity contribution in [3.63, 3.8) is 0 Å². The Morgan fingerprint density at radius 3 is 2.54 bits per heavy atom. The minimum atomic E-state index is -0.810. The van der Waals surface area contributed by atoms with E-state index in [0.29, 0.717) is 21.9 Å². The summed E-state index contributed by atoms with van der Waals surface area (Å²) in [4.78, 5) is 32.1. The van der Waals surface area contributed by atoms with Gasteiger partial charge in [0.2, 0.25) is 0 Å². The first-order chi connectivity index (χ1) is 19.7. The van der Waals surface area contributed by atoms with Gasteiger partial charge in [0.1, 0.15) is 24.0 Å². The molecule has 2 aromatic carbocycles. The van der Waals surface area contributed by atoms with Gasteiger partial charge in [-0.05, 0) is 65.5 Å². The van der Waals surface area contributed by atoms with Crippen molar-refractivity contribution in [3.05, 3.63) is 104 Å². The van der Waals surface area contributed by atoms with Gasteiger partial charge < -0.3 is 23.5 Å². The third-order valence-corrected chi connectivity index (χ3v) is 7.59. The van der Waals surface area contributed by atoms with E-state index in [-0.39, 0.29) is 43.5 Å². The van der Waals surface area contributed by atoms with Crippen LogP contribution in [0.4, 0.5) is 4.39 Å². The molecule has 1 atom stereocenters. The summed E-state index contributed by atoms with van der Waals surface area (Å²) in [6, 6.07) is 15.6. The molecule has 1 aliphatic rings. The zero-order valence-corrected chi connectivity index (χ0v) is 24.6. The number of hydrogen-bond acceptors (Lipinski definition) is 7. The van der Waals surface area contributed by atoms with Crippen molar-refractivity contribution in [1.29, 1.82) is 0 Å². The third kappa shape index (κ3) is 6.34. The van der Waals surface area contributed by atoms with Crippen molar-refractivity contribution in [2.75, 3.05) is 13.2 Å². The molecule has 3 heterocycles.